The second-order valence-corrected chi connectivity index (χ2v) is 4.50. The van der Waals surface area contributed by atoms with E-state index in [0.717, 1.165) is 10.2 Å². The fraction of sp³-hybridized carbons (Fsp3) is 0.0833. The average Bonchev–Trinajstić information content (AvgIpc) is 2.86. The summed E-state index contributed by atoms with van der Waals surface area (Å²) in [5.74, 6) is -0.719. The third-order valence-electron chi connectivity index (χ3n) is 2.33. The van der Waals surface area contributed by atoms with Gasteiger partial charge in [-0.1, -0.05) is 5.16 Å². The smallest absolute Gasteiger partial charge is 0.358 e. The Balaban J connectivity index is 2.06. The molecule has 0 aliphatic carbocycles. The molecule has 0 saturated carbocycles. The van der Waals surface area contributed by atoms with Crippen LogP contribution in [0.2, 0.25) is 0 Å². The standard InChI is InChI=1S/C12H8BrN3O3/c13-9-3-7(5-14)1-2-10(9)15-6-8-4-11(12(17)18)16-19-8/h1-4,15H,6H2,(H,17,18). The van der Waals surface area contributed by atoms with E-state index in [-0.39, 0.29) is 5.69 Å². The van der Waals surface area contributed by atoms with Crippen LogP contribution in [0.1, 0.15) is 21.8 Å². The molecule has 0 unspecified atom stereocenters. The summed E-state index contributed by atoms with van der Waals surface area (Å²) >= 11 is 3.34. The number of carbonyl (C=O) groups is 1. The molecule has 1 aromatic heterocycles. The number of halogens is 1. The predicted octanol–water partition coefficient (Wildman–Crippen LogP) is 2.62. The van der Waals surface area contributed by atoms with Crippen LogP contribution in [0.25, 0.3) is 0 Å². The Labute approximate surface area is 116 Å². The van der Waals surface area contributed by atoms with E-state index in [1.54, 1.807) is 18.2 Å². The molecule has 1 aromatic carbocycles. The second kappa shape index (κ2) is 5.54. The van der Waals surface area contributed by atoms with Crippen LogP contribution in [0.3, 0.4) is 0 Å². The number of carboxylic acids is 1. The molecule has 2 rings (SSSR count). The molecule has 19 heavy (non-hydrogen) atoms. The van der Waals surface area contributed by atoms with E-state index in [1.165, 1.54) is 6.07 Å². The summed E-state index contributed by atoms with van der Waals surface area (Å²) in [6.07, 6.45) is 0. The van der Waals surface area contributed by atoms with Gasteiger partial charge in [0.2, 0.25) is 0 Å². The Kier molecular flexibility index (Phi) is 3.82. The zero-order chi connectivity index (χ0) is 13.8. The maximum absolute atomic E-state index is 10.6. The van der Waals surface area contributed by atoms with Crippen molar-refractivity contribution in [2.75, 3.05) is 5.32 Å². The van der Waals surface area contributed by atoms with E-state index in [0.29, 0.717) is 17.9 Å². The molecule has 6 nitrogen and oxygen atoms in total. The molecule has 0 fully saturated rings. The van der Waals surface area contributed by atoms with Crippen LogP contribution in [0.5, 0.6) is 0 Å². The molecule has 0 spiro atoms. The molecule has 0 saturated heterocycles. The molecule has 0 aliphatic rings. The maximum atomic E-state index is 10.6. The van der Waals surface area contributed by atoms with E-state index in [9.17, 15) is 4.79 Å². The Morgan fingerprint density at radius 2 is 2.32 bits per heavy atom. The molecule has 0 bridgehead atoms. The summed E-state index contributed by atoms with van der Waals surface area (Å²) in [7, 11) is 0. The summed E-state index contributed by atoms with van der Waals surface area (Å²) in [5, 5.41) is 23.9. The molecule has 7 heteroatoms. The van der Waals surface area contributed by atoms with Crippen molar-refractivity contribution in [2.24, 2.45) is 0 Å². The van der Waals surface area contributed by atoms with Gasteiger partial charge in [0.05, 0.1) is 18.2 Å². The third kappa shape index (κ3) is 3.11. The van der Waals surface area contributed by atoms with Crippen molar-refractivity contribution in [2.45, 2.75) is 6.54 Å². The van der Waals surface area contributed by atoms with Gasteiger partial charge in [0.1, 0.15) is 0 Å². The lowest BCUT2D eigenvalue weighted by atomic mass is 10.2. The Bertz CT molecular complexity index is 660. The van der Waals surface area contributed by atoms with Crippen molar-refractivity contribution in [3.05, 3.63) is 45.8 Å². The fourth-order valence-electron chi connectivity index (χ4n) is 1.41. The van der Waals surface area contributed by atoms with Crippen molar-refractivity contribution >= 4 is 27.6 Å². The molecular weight excluding hydrogens is 314 g/mol. The van der Waals surface area contributed by atoms with Crippen LogP contribution in [0.4, 0.5) is 5.69 Å². The molecule has 0 amide bonds. The van der Waals surface area contributed by atoms with Crippen LogP contribution in [-0.2, 0) is 6.54 Å². The number of aromatic nitrogens is 1. The van der Waals surface area contributed by atoms with Crippen molar-refractivity contribution in [3.8, 4) is 6.07 Å². The fourth-order valence-corrected chi connectivity index (χ4v) is 1.93. The van der Waals surface area contributed by atoms with E-state index in [1.807, 2.05) is 6.07 Å². The SMILES string of the molecule is N#Cc1ccc(NCc2cc(C(=O)O)no2)c(Br)c1. The number of rotatable bonds is 4. The summed E-state index contributed by atoms with van der Waals surface area (Å²) in [6.45, 7) is 0.296. The first kappa shape index (κ1) is 13.1. The number of anilines is 1. The van der Waals surface area contributed by atoms with Crippen molar-refractivity contribution in [3.63, 3.8) is 0 Å². The minimum Gasteiger partial charge on any atom is -0.476 e. The first-order valence-electron chi connectivity index (χ1n) is 5.22. The lowest BCUT2D eigenvalue weighted by molar-refractivity contribution is 0.0685. The second-order valence-electron chi connectivity index (χ2n) is 3.64. The van der Waals surface area contributed by atoms with E-state index >= 15 is 0 Å². The van der Waals surface area contributed by atoms with Crippen LogP contribution in [0, 0.1) is 11.3 Å². The van der Waals surface area contributed by atoms with Gasteiger partial charge in [-0.25, -0.2) is 4.79 Å². The third-order valence-corrected chi connectivity index (χ3v) is 2.99. The minimum absolute atomic E-state index is 0.129. The Morgan fingerprint density at radius 1 is 1.53 bits per heavy atom. The van der Waals surface area contributed by atoms with E-state index < -0.39 is 5.97 Å². The van der Waals surface area contributed by atoms with Crippen LogP contribution in [-0.4, -0.2) is 16.2 Å². The molecule has 2 aromatic rings. The van der Waals surface area contributed by atoms with Gasteiger partial charge in [0.15, 0.2) is 11.5 Å². The number of aromatic carboxylic acids is 1. The number of hydrogen-bond acceptors (Lipinski definition) is 5. The monoisotopic (exact) mass is 321 g/mol. The summed E-state index contributed by atoms with van der Waals surface area (Å²) in [6, 6.07) is 8.50. The highest BCUT2D eigenvalue weighted by atomic mass is 79.9. The lowest BCUT2D eigenvalue weighted by Gasteiger charge is -2.06. The van der Waals surface area contributed by atoms with E-state index in [4.69, 9.17) is 14.9 Å². The van der Waals surface area contributed by atoms with Gasteiger partial charge in [0, 0.05) is 16.2 Å². The quantitative estimate of drug-likeness (QED) is 0.898. The number of carboxylic acid groups (broad SMARTS) is 1. The largest absolute Gasteiger partial charge is 0.476 e. The molecular formula is C12H8BrN3O3. The highest BCUT2D eigenvalue weighted by Gasteiger charge is 2.10. The molecule has 1 heterocycles. The lowest BCUT2D eigenvalue weighted by Crippen LogP contribution is -1.99. The van der Waals surface area contributed by atoms with Gasteiger partial charge in [-0.05, 0) is 34.1 Å². The average molecular weight is 322 g/mol. The number of nitrogens with zero attached hydrogens (tertiary/aromatic N) is 2. The molecule has 96 valence electrons. The van der Waals surface area contributed by atoms with Gasteiger partial charge >= 0.3 is 5.97 Å². The molecule has 2 N–H and O–H groups in total. The van der Waals surface area contributed by atoms with Gasteiger partial charge in [-0.3, -0.25) is 0 Å². The summed E-state index contributed by atoms with van der Waals surface area (Å²) in [5.41, 5.74) is 1.19. The van der Waals surface area contributed by atoms with Gasteiger partial charge in [-0.2, -0.15) is 5.26 Å². The maximum Gasteiger partial charge on any atom is 0.358 e. The zero-order valence-electron chi connectivity index (χ0n) is 9.55. The Morgan fingerprint density at radius 3 is 2.89 bits per heavy atom. The first-order valence-corrected chi connectivity index (χ1v) is 6.02. The van der Waals surface area contributed by atoms with Gasteiger partial charge in [0.25, 0.3) is 0 Å². The molecule has 0 aliphatic heterocycles. The van der Waals surface area contributed by atoms with E-state index in [2.05, 4.69) is 26.4 Å². The van der Waals surface area contributed by atoms with Crippen LogP contribution >= 0.6 is 15.9 Å². The topological polar surface area (TPSA) is 99.2 Å². The van der Waals surface area contributed by atoms with Crippen molar-refractivity contribution in [1.29, 1.82) is 5.26 Å². The number of hydrogen-bond donors (Lipinski definition) is 2. The zero-order valence-corrected chi connectivity index (χ0v) is 11.1. The molecule has 0 radical (unpaired) electrons. The van der Waals surface area contributed by atoms with Crippen LogP contribution < -0.4 is 5.32 Å². The highest BCUT2D eigenvalue weighted by Crippen LogP contribution is 2.24. The normalized spacial score (nSPS) is 9.89. The van der Waals surface area contributed by atoms with Gasteiger partial charge < -0.3 is 14.9 Å². The summed E-state index contributed by atoms with van der Waals surface area (Å²) < 4.78 is 5.61. The van der Waals surface area contributed by atoms with Crippen molar-refractivity contribution in [1.82, 2.24) is 5.16 Å². The number of nitrogens with one attached hydrogen (secondary N) is 1. The van der Waals surface area contributed by atoms with Crippen molar-refractivity contribution < 1.29 is 14.4 Å². The highest BCUT2D eigenvalue weighted by molar-refractivity contribution is 9.10. The Hall–Kier alpha value is -2.33. The first-order chi connectivity index (χ1) is 9.10. The predicted molar refractivity (Wildman–Crippen MR) is 69.6 cm³/mol. The molecule has 0 atom stereocenters. The number of benzene rings is 1. The van der Waals surface area contributed by atoms with Crippen LogP contribution in [0.15, 0.2) is 33.3 Å². The summed E-state index contributed by atoms with van der Waals surface area (Å²) in [4.78, 5) is 10.6. The van der Waals surface area contributed by atoms with Gasteiger partial charge in [-0.15, -0.1) is 0 Å². The minimum atomic E-state index is -1.13. The number of nitriles is 1.